The number of para-hydroxylation sites is 1. The lowest BCUT2D eigenvalue weighted by Crippen LogP contribution is -2.32. The van der Waals surface area contributed by atoms with Crippen molar-refractivity contribution in [3.8, 4) is 22.9 Å². The normalized spacial score (nSPS) is 15.0. The van der Waals surface area contributed by atoms with Crippen LogP contribution < -0.4 is 20.3 Å². The fourth-order valence-corrected chi connectivity index (χ4v) is 7.19. The second-order valence-electron chi connectivity index (χ2n) is 11.9. The molecule has 3 aromatic carbocycles. The second-order valence-corrected chi connectivity index (χ2v) is 14.4. The maximum Gasteiger partial charge on any atom is 0.320 e. The molecule has 14 heteroatoms. The predicted molar refractivity (Wildman–Crippen MR) is 186 cm³/mol. The van der Waals surface area contributed by atoms with Gasteiger partial charge < -0.3 is 30.1 Å². The molecule has 47 heavy (non-hydrogen) atoms. The van der Waals surface area contributed by atoms with Gasteiger partial charge in [0.2, 0.25) is 0 Å². The number of carbonyl (C=O) groups excluding carboxylic acids is 1. The van der Waals surface area contributed by atoms with Crippen molar-refractivity contribution < 1.29 is 24.5 Å². The van der Waals surface area contributed by atoms with Crippen LogP contribution >= 0.6 is 35.1 Å². The molecule has 0 saturated carbocycles. The third-order valence-electron chi connectivity index (χ3n) is 7.38. The van der Waals surface area contributed by atoms with E-state index < -0.39 is 12.0 Å². The molecule has 1 unspecified atom stereocenters. The number of anilines is 2. The number of aliphatic carboxylic acids is 1. The number of carboxylic acids is 1. The number of hydrogen-bond donors (Lipinski definition) is 4. The number of halogens is 1. The number of urea groups is 1. The van der Waals surface area contributed by atoms with Gasteiger partial charge in [-0.3, -0.25) is 10.1 Å². The Kier molecular flexibility index (Phi) is 9.22. The molecule has 0 bridgehead atoms. The predicted octanol–water partition coefficient (Wildman–Crippen LogP) is 7.40. The fraction of sp³-hybridized carbons (Fsp3) is 0.242. The molecule has 2 aliphatic rings. The lowest BCUT2D eigenvalue weighted by molar-refractivity contribution is -0.133. The number of fused-ring (bicyclic) bond motifs is 3. The molecular formula is C33H33ClN6O5S2. The molecule has 2 amide bonds. The van der Waals surface area contributed by atoms with Gasteiger partial charge in [0.05, 0.1) is 33.7 Å². The number of phenolic OH excluding ortho intramolecular Hbond substituents is 1. The number of carbonyl (C=O) groups is 2. The Balaban J connectivity index is 1.12. The summed E-state index contributed by atoms with van der Waals surface area (Å²) in [6.45, 7) is 6.30. The third-order valence-corrected chi connectivity index (χ3v) is 9.92. The van der Waals surface area contributed by atoms with Crippen molar-refractivity contribution in [3.63, 3.8) is 0 Å². The van der Waals surface area contributed by atoms with Crippen LogP contribution in [0.5, 0.6) is 17.2 Å². The standard InChI is InChI=1S/C33H33ClN6O5S2/c1-33(2,3)28-16-29(40(37-28)21-8-10-25(41)23(34)14-21)36-31(44)35-17-20-6-4-5-7-26(20)45-22-9-11-27-24(15-22)39-13-12-38(32(39)47-27)19-46-18-30(42)43/h4-16,32,41H,17-19H2,1-3H3,(H,42,43)(H2,35,36,44). The first-order valence-electron chi connectivity index (χ1n) is 14.7. The van der Waals surface area contributed by atoms with E-state index in [1.54, 1.807) is 28.6 Å². The molecule has 0 radical (unpaired) electrons. The van der Waals surface area contributed by atoms with Crippen molar-refractivity contribution in [2.45, 2.75) is 43.1 Å². The zero-order chi connectivity index (χ0) is 33.3. The lowest BCUT2D eigenvalue weighted by atomic mass is 9.92. The van der Waals surface area contributed by atoms with Crippen LogP contribution in [0.4, 0.5) is 16.3 Å². The Labute approximate surface area is 285 Å². The van der Waals surface area contributed by atoms with E-state index in [0.717, 1.165) is 21.8 Å². The van der Waals surface area contributed by atoms with Gasteiger partial charge in [-0.25, -0.2) is 9.48 Å². The van der Waals surface area contributed by atoms with E-state index in [4.69, 9.17) is 26.5 Å². The van der Waals surface area contributed by atoms with Crippen LogP contribution in [0, 0.1) is 0 Å². The number of benzene rings is 3. The molecule has 11 nitrogen and oxygen atoms in total. The molecule has 0 fully saturated rings. The Bertz CT molecular complexity index is 1860. The average Bonchev–Trinajstić information content (AvgIpc) is 3.72. The Morgan fingerprint density at radius 3 is 2.66 bits per heavy atom. The highest BCUT2D eigenvalue weighted by Crippen LogP contribution is 2.49. The smallest absolute Gasteiger partial charge is 0.320 e. The molecule has 6 rings (SSSR count). The first-order chi connectivity index (χ1) is 22.5. The summed E-state index contributed by atoms with van der Waals surface area (Å²) < 4.78 is 7.91. The van der Waals surface area contributed by atoms with Gasteiger partial charge in [0.25, 0.3) is 0 Å². The largest absolute Gasteiger partial charge is 0.506 e. The van der Waals surface area contributed by atoms with E-state index in [1.807, 2.05) is 81.7 Å². The van der Waals surface area contributed by atoms with Crippen LogP contribution in [0.15, 0.2) is 84.0 Å². The highest BCUT2D eigenvalue weighted by Gasteiger charge is 2.36. The van der Waals surface area contributed by atoms with E-state index in [-0.39, 0.29) is 34.0 Å². The maximum absolute atomic E-state index is 13.2. The topological polar surface area (TPSA) is 132 Å². The molecule has 4 N–H and O–H groups in total. The van der Waals surface area contributed by atoms with Crippen LogP contribution in [0.3, 0.4) is 0 Å². The third kappa shape index (κ3) is 7.27. The number of ether oxygens (including phenoxy) is 1. The minimum absolute atomic E-state index is 0.0263. The average molecular weight is 693 g/mol. The van der Waals surface area contributed by atoms with Crippen LogP contribution in [0.2, 0.25) is 5.02 Å². The summed E-state index contributed by atoms with van der Waals surface area (Å²) in [5.74, 6) is 1.47. The summed E-state index contributed by atoms with van der Waals surface area (Å²) in [7, 11) is 0. The number of aromatic nitrogens is 2. The number of nitrogens with one attached hydrogen (secondary N) is 2. The van der Waals surface area contributed by atoms with Crippen molar-refractivity contribution in [1.29, 1.82) is 0 Å². The number of amides is 2. The molecule has 244 valence electrons. The second kappa shape index (κ2) is 13.3. The number of thioether (sulfide) groups is 2. The summed E-state index contributed by atoms with van der Waals surface area (Å²) >= 11 is 9.23. The van der Waals surface area contributed by atoms with Crippen LogP contribution in [0.1, 0.15) is 32.0 Å². The molecule has 0 spiro atoms. The number of aromatic hydroxyl groups is 1. The van der Waals surface area contributed by atoms with Crippen molar-refractivity contribution in [3.05, 3.63) is 95.4 Å². The molecule has 1 atom stereocenters. The van der Waals surface area contributed by atoms with E-state index in [0.29, 0.717) is 28.9 Å². The van der Waals surface area contributed by atoms with E-state index in [1.165, 1.54) is 17.8 Å². The highest BCUT2D eigenvalue weighted by atomic mass is 35.5. The lowest BCUT2D eigenvalue weighted by Gasteiger charge is -2.25. The molecule has 0 aliphatic carbocycles. The van der Waals surface area contributed by atoms with Crippen molar-refractivity contribution in [2.24, 2.45) is 0 Å². The van der Waals surface area contributed by atoms with Crippen LogP contribution in [-0.4, -0.2) is 54.0 Å². The Hall–Kier alpha value is -4.46. The minimum atomic E-state index is -0.825. The van der Waals surface area contributed by atoms with Gasteiger partial charge in [-0.15, -0.1) is 11.8 Å². The number of nitrogens with zero attached hydrogens (tertiary/aromatic N) is 4. The summed E-state index contributed by atoms with van der Waals surface area (Å²) in [6.07, 6.45) is 3.98. The number of hydrogen-bond acceptors (Lipinski definition) is 9. The molecule has 1 aromatic heterocycles. The Morgan fingerprint density at radius 1 is 1.09 bits per heavy atom. The Morgan fingerprint density at radius 2 is 1.89 bits per heavy atom. The zero-order valence-corrected chi connectivity index (χ0v) is 28.2. The summed E-state index contributed by atoms with van der Waals surface area (Å²) in [5, 5.41) is 29.6. The summed E-state index contributed by atoms with van der Waals surface area (Å²) in [4.78, 5) is 29.5. The number of rotatable bonds is 10. The summed E-state index contributed by atoms with van der Waals surface area (Å²) in [5.41, 5.74) is 2.90. The van der Waals surface area contributed by atoms with Gasteiger partial charge in [0, 0.05) is 47.0 Å². The number of carboxylic acid groups (broad SMARTS) is 1. The first-order valence-corrected chi connectivity index (χ1v) is 17.1. The van der Waals surface area contributed by atoms with Gasteiger partial charge in [-0.1, -0.05) is 62.3 Å². The van der Waals surface area contributed by atoms with Gasteiger partial charge in [-0.05, 0) is 36.4 Å². The molecular weight excluding hydrogens is 660 g/mol. The molecule has 2 aliphatic heterocycles. The van der Waals surface area contributed by atoms with E-state index in [2.05, 4.69) is 20.4 Å². The van der Waals surface area contributed by atoms with Gasteiger partial charge in [0.1, 0.15) is 23.1 Å². The zero-order valence-electron chi connectivity index (χ0n) is 25.8. The van der Waals surface area contributed by atoms with E-state index >= 15 is 0 Å². The molecule has 4 aromatic rings. The summed E-state index contributed by atoms with van der Waals surface area (Å²) in [6, 6.07) is 19.6. The van der Waals surface area contributed by atoms with Gasteiger partial charge in [0.15, 0.2) is 5.50 Å². The van der Waals surface area contributed by atoms with Crippen molar-refractivity contribution in [2.75, 3.05) is 21.8 Å². The maximum atomic E-state index is 13.2. The first kappa shape index (κ1) is 32.5. The van der Waals surface area contributed by atoms with Crippen molar-refractivity contribution >= 4 is 58.6 Å². The van der Waals surface area contributed by atoms with Crippen molar-refractivity contribution in [1.82, 2.24) is 20.0 Å². The van der Waals surface area contributed by atoms with Crippen LogP contribution in [-0.2, 0) is 16.8 Å². The fourth-order valence-electron chi connectivity index (χ4n) is 4.98. The highest BCUT2D eigenvalue weighted by molar-refractivity contribution is 8.01. The van der Waals surface area contributed by atoms with Gasteiger partial charge in [-0.2, -0.15) is 5.10 Å². The van der Waals surface area contributed by atoms with E-state index in [9.17, 15) is 14.7 Å². The monoisotopic (exact) mass is 692 g/mol. The quantitative estimate of drug-likeness (QED) is 0.133. The minimum Gasteiger partial charge on any atom is -0.506 e. The molecule has 3 heterocycles. The van der Waals surface area contributed by atoms with Crippen LogP contribution in [0.25, 0.3) is 5.69 Å². The van der Waals surface area contributed by atoms with Gasteiger partial charge >= 0.3 is 12.0 Å². The number of phenols is 1. The SMILES string of the molecule is CC(C)(C)c1cc(NC(=O)NCc2ccccc2Oc2ccc3c(c2)N2C=CN(CSCC(=O)O)C2S3)n(-c2ccc(O)c(Cl)c2)n1. The molecule has 0 saturated heterocycles.